The van der Waals surface area contributed by atoms with Crippen molar-refractivity contribution in [2.75, 3.05) is 58.3 Å². The first-order valence-corrected chi connectivity index (χ1v) is 9.27. The van der Waals surface area contributed by atoms with Crippen LogP contribution in [0.5, 0.6) is 0 Å². The first-order chi connectivity index (χ1) is 12.1. The van der Waals surface area contributed by atoms with E-state index >= 15 is 0 Å². The topological polar surface area (TPSA) is 56.8 Å². The van der Waals surface area contributed by atoms with Gasteiger partial charge in [-0.15, -0.1) is 0 Å². The Balaban J connectivity index is 1.59. The number of amides is 2. The number of morpholine rings is 1. The molecule has 2 N–H and O–H groups in total. The van der Waals surface area contributed by atoms with Gasteiger partial charge in [-0.05, 0) is 57.2 Å². The molecule has 2 fully saturated rings. The van der Waals surface area contributed by atoms with E-state index in [4.69, 9.17) is 16.3 Å². The van der Waals surface area contributed by atoms with E-state index in [0.717, 1.165) is 57.9 Å². The zero-order chi connectivity index (χ0) is 17.7. The summed E-state index contributed by atoms with van der Waals surface area (Å²) in [6.45, 7) is 6.17. The molecule has 0 spiro atoms. The van der Waals surface area contributed by atoms with Crippen LogP contribution in [0.4, 0.5) is 10.5 Å². The number of ether oxygens (including phenoxy) is 1. The van der Waals surface area contributed by atoms with Gasteiger partial charge in [-0.25, -0.2) is 4.79 Å². The van der Waals surface area contributed by atoms with Gasteiger partial charge in [-0.1, -0.05) is 11.6 Å². The Bertz CT molecular complexity index is 567. The molecule has 138 valence electrons. The number of benzene rings is 1. The highest BCUT2D eigenvalue weighted by Crippen LogP contribution is 2.29. The summed E-state index contributed by atoms with van der Waals surface area (Å²) in [5, 5.41) is 6.62. The van der Waals surface area contributed by atoms with Gasteiger partial charge in [-0.2, -0.15) is 0 Å². The first kappa shape index (κ1) is 18.5. The molecular weight excluding hydrogens is 340 g/mol. The van der Waals surface area contributed by atoms with Crippen molar-refractivity contribution in [3.8, 4) is 0 Å². The van der Waals surface area contributed by atoms with E-state index in [2.05, 4.69) is 27.5 Å². The predicted octanol–water partition coefficient (Wildman–Crippen LogP) is 2.26. The highest BCUT2D eigenvalue weighted by molar-refractivity contribution is 6.30. The maximum absolute atomic E-state index is 12.3. The van der Waals surface area contributed by atoms with Crippen LogP contribution in [0.2, 0.25) is 5.02 Å². The third-order valence-corrected chi connectivity index (χ3v) is 5.53. The molecule has 0 saturated carbocycles. The van der Waals surface area contributed by atoms with Gasteiger partial charge < -0.3 is 20.3 Å². The van der Waals surface area contributed by atoms with Gasteiger partial charge in [-0.3, -0.25) is 4.90 Å². The highest BCUT2D eigenvalue weighted by atomic mass is 35.5. The van der Waals surface area contributed by atoms with Crippen LogP contribution in [0.15, 0.2) is 24.3 Å². The molecule has 0 aromatic heterocycles. The lowest BCUT2D eigenvalue weighted by atomic mass is 9.85. The lowest BCUT2D eigenvalue weighted by molar-refractivity contribution is -0.0434. The van der Waals surface area contributed by atoms with Crippen LogP contribution in [-0.4, -0.2) is 74.4 Å². The normalized spacial score (nSPS) is 21.7. The molecule has 3 rings (SSSR count). The molecule has 0 atom stereocenters. The van der Waals surface area contributed by atoms with Crippen molar-refractivity contribution < 1.29 is 9.53 Å². The fourth-order valence-electron chi connectivity index (χ4n) is 3.63. The largest absolute Gasteiger partial charge is 0.379 e. The van der Waals surface area contributed by atoms with Crippen LogP contribution in [-0.2, 0) is 4.74 Å². The summed E-state index contributed by atoms with van der Waals surface area (Å²) in [4.78, 5) is 17.2. The van der Waals surface area contributed by atoms with Crippen molar-refractivity contribution in [1.29, 1.82) is 0 Å². The minimum absolute atomic E-state index is 0.0215. The van der Waals surface area contributed by atoms with E-state index < -0.39 is 0 Å². The molecule has 2 amide bonds. The minimum atomic E-state index is -0.172. The van der Waals surface area contributed by atoms with Gasteiger partial charge in [0.25, 0.3) is 0 Å². The van der Waals surface area contributed by atoms with Crippen molar-refractivity contribution in [2.24, 2.45) is 0 Å². The second kappa shape index (κ2) is 8.36. The van der Waals surface area contributed by atoms with E-state index in [1.54, 1.807) is 24.3 Å². The Morgan fingerprint density at radius 1 is 1.16 bits per heavy atom. The van der Waals surface area contributed by atoms with Crippen LogP contribution >= 0.6 is 11.6 Å². The summed E-state index contributed by atoms with van der Waals surface area (Å²) in [5.41, 5.74) is 0.763. The fourth-order valence-corrected chi connectivity index (χ4v) is 3.76. The van der Waals surface area contributed by atoms with Crippen molar-refractivity contribution in [2.45, 2.75) is 18.4 Å². The number of nitrogens with zero attached hydrogens (tertiary/aromatic N) is 2. The molecule has 0 aliphatic carbocycles. The van der Waals surface area contributed by atoms with Crippen molar-refractivity contribution in [3.05, 3.63) is 29.3 Å². The number of nitrogens with one attached hydrogen (secondary N) is 2. The maximum Gasteiger partial charge on any atom is 0.319 e. The monoisotopic (exact) mass is 366 g/mol. The summed E-state index contributed by atoms with van der Waals surface area (Å²) in [5.74, 6) is 0. The number of urea groups is 1. The average molecular weight is 367 g/mol. The summed E-state index contributed by atoms with van der Waals surface area (Å²) in [7, 11) is 2.16. The average Bonchev–Trinajstić information content (AvgIpc) is 2.64. The van der Waals surface area contributed by atoms with Gasteiger partial charge in [0.05, 0.1) is 13.2 Å². The number of rotatable bonds is 4. The molecule has 25 heavy (non-hydrogen) atoms. The second-order valence-corrected chi connectivity index (χ2v) is 7.38. The van der Waals surface area contributed by atoms with Gasteiger partial charge in [0.15, 0.2) is 0 Å². The van der Waals surface area contributed by atoms with E-state index in [9.17, 15) is 4.79 Å². The molecule has 2 aliphatic rings. The second-order valence-electron chi connectivity index (χ2n) is 6.94. The molecular formula is C18H27ClN4O2. The Morgan fingerprint density at radius 2 is 1.80 bits per heavy atom. The van der Waals surface area contributed by atoms with Crippen LogP contribution in [0.1, 0.15) is 12.8 Å². The van der Waals surface area contributed by atoms with Crippen LogP contribution in [0.3, 0.4) is 0 Å². The number of piperidine rings is 1. The van der Waals surface area contributed by atoms with Gasteiger partial charge in [0.1, 0.15) is 0 Å². The Labute approximate surface area is 154 Å². The molecule has 0 bridgehead atoms. The molecule has 6 nitrogen and oxygen atoms in total. The van der Waals surface area contributed by atoms with Gasteiger partial charge in [0, 0.05) is 35.9 Å². The van der Waals surface area contributed by atoms with E-state index in [1.807, 2.05) is 0 Å². The van der Waals surface area contributed by atoms with Crippen molar-refractivity contribution in [3.63, 3.8) is 0 Å². The van der Waals surface area contributed by atoms with E-state index in [0.29, 0.717) is 11.6 Å². The smallest absolute Gasteiger partial charge is 0.319 e. The summed E-state index contributed by atoms with van der Waals surface area (Å²) >= 11 is 5.88. The van der Waals surface area contributed by atoms with Crippen LogP contribution in [0, 0.1) is 0 Å². The lowest BCUT2D eigenvalue weighted by Crippen LogP contribution is -2.62. The zero-order valence-corrected chi connectivity index (χ0v) is 15.5. The number of anilines is 1. The predicted molar refractivity (Wildman–Crippen MR) is 100 cm³/mol. The number of hydrogen-bond acceptors (Lipinski definition) is 4. The number of carbonyl (C=O) groups excluding carboxylic acids is 1. The Morgan fingerprint density at radius 3 is 2.44 bits per heavy atom. The number of carbonyl (C=O) groups is 1. The molecule has 1 aromatic rings. The van der Waals surface area contributed by atoms with Crippen LogP contribution < -0.4 is 10.6 Å². The quantitative estimate of drug-likeness (QED) is 0.858. The molecule has 2 aliphatic heterocycles. The van der Waals surface area contributed by atoms with Crippen molar-refractivity contribution >= 4 is 23.3 Å². The molecule has 1 aromatic carbocycles. The van der Waals surface area contributed by atoms with E-state index in [1.165, 1.54) is 0 Å². The molecule has 7 heteroatoms. The number of likely N-dealkylation sites (tertiary alicyclic amines) is 1. The first-order valence-electron chi connectivity index (χ1n) is 8.89. The molecule has 0 unspecified atom stereocenters. The third-order valence-electron chi connectivity index (χ3n) is 5.28. The molecule has 0 radical (unpaired) electrons. The lowest BCUT2D eigenvalue weighted by Gasteiger charge is -2.49. The van der Waals surface area contributed by atoms with Crippen molar-refractivity contribution in [1.82, 2.24) is 15.1 Å². The number of halogens is 1. The van der Waals surface area contributed by atoms with Gasteiger partial charge in [0.2, 0.25) is 0 Å². The summed E-state index contributed by atoms with van der Waals surface area (Å²) < 4.78 is 5.51. The fraction of sp³-hybridized carbons (Fsp3) is 0.611. The SMILES string of the molecule is CN1CCC(CNC(=O)Nc2ccc(Cl)cc2)(N2CCOCC2)CC1. The standard InChI is InChI=1S/C18H27ClN4O2/c1-22-8-6-18(7-9-22,23-10-12-25-13-11-23)14-20-17(24)21-16-4-2-15(19)3-5-16/h2-5H,6-14H2,1H3,(H2,20,21,24). The zero-order valence-electron chi connectivity index (χ0n) is 14.8. The molecule has 2 heterocycles. The van der Waals surface area contributed by atoms with Gasteiger partial charge >= 0.3 is 6.03 Å². The highest BCUT2D eigenvalue weighted by Gasteiger charge is 2.40. The Kier molecular flexibility index (Phi) is 6.17. The number of hydrogen-bond donors (Lipinski definition) is 2. The third kappa shape index (κ3) is 4.85. The minimum Gasteiger partial charge on any atom is -0.379 e. The van der Waals surface area contributed by atoms with Crippen LogP contribution in [0.25, 0.3) is 0 Å². The summed E-state index contributed by atoms with van der Waals surface area (Å²) in [6, 6.07) is 6.96. The Hall–Kier alpha value is -1.34. The van der Waals surface area contributed by atoms with E-state index in [-0.39, 0.29) is 11.6 Å². The maximum atomic E-state index is 12.3. The summed E-state index contributed by atoms with van der Waals surface area (Å²) in [6.07, 6.45) is 2.12. The molecule has 2 saturated heterocycles.